The molecule has 1 rings (SSSR count). The molecule has 14 heavy (non-hydrogen) atoms. The van der Waals surface area contributed by atoms with E-state index in [-0.39, 0.29) is 5.54 Å². The van der Waals surface area contributed by atoms with Crippen LogP contribution in [0.2, 0.25) is 0 Å². The minimum absolute atomic E-state index is 0.0282. The highest BCUT2D eigenvalue weighted by molar-refractivity contribution is 5.79. The van der Waals surface area contributed by atoms with E-state index >= 15 is 0 Å². The van der Waals surface area contributed by atoms with Crippen molar-refractivity contribution in [1.82, 2.24) is 4.90 Å². The largest absolute Gasteiger partial charge is 0.377 e. The van der Waals surface area contributed by atoms with Crippen LogP contribution >= 0.6 is 0 Å². The SMILES string of the molecule is CCCN=C(N)N1CCOCC1(C)C. The third kappa shape index (κ3) is 2.61. The zero-order valence-corrected chi connectivity index (χ0v) is 9.42. The lowest BCUT2D eigenvalue weighted by Gasteiger charge is -2.42. The van der Waals surface area contributed by atoms with Crippen LogP contribution in [0.25, 0.3) is 0 Å². The van der Waals surface area contributed by atoms with Gasteiger partial charge in [0.2, 0.25) is 0 Å². The summed E-state index contributed by atoms with van der Waals surface area (Å²) in [7, 11) is 0. The molecule has 1 heterocycles. The fraction of sp³-hybridized carbons (Fsp3) is 0.900. The van der Waals surface area contributed by atoms with E-state index in [1.54, 1.807) is 0 Å². The van der Waals surface area contributed by atoms with Crippen molar-refractivity contribution >= 4 is 5.96 Å². The van der Waals surface area contributed by atoms with E-state index in [0.29, 0.717) is 5.96 Å². The van der Waals surface area contributed by atoms with Gasteiger partial charge in [-0.3, -0.25) is 4.99 Å². The third-order valence-corrected chi connectivity index (χ3v) is 2.42. The number of morpholine rings is 1. The van der Waals surface area contributed by atoms with Gasteiger partial charge in [0.25, 0.3) is 0 Å². The van der Waals surface area contributed by atoms with Crippen LogP contribution < -0.4 is 5.73 Å². The molecule has 0 aromatic carbocycles. The zero-order chi connectivity index (χ0) is 10.6. The van der Waals surface area contributed by atoms with Gasteiger partial charge < -0.3 is 15.4 Å². The van der Waals surface area contributed by atoms with Gasteiger partial charge in [-0.15, -0.1) is 0 Å². The predicted octanol–water partition coefficient (Wildman–Crippen LogP) is 0.822. The number of hydrogen-bond acceptors (Lipinski definition) is 2. The maximum atomic E-state index is 5.93. The first-order valence-electron chi connectivity index (χ1n) is 5.23. The fourth-order valence-electron chi connectivity index (χ4n) is 1.59. The van der Waals surface area contributed by atoms with Gasteiger partial charge in [-0.05, 0) is 20.3 Å². The Hall–Kier alpha value is -0.770. The van der Waals surface area contributed by atoms with Crippen LogP contribution in [0.1, 0.15) is 27.2 Å². The van der Waals surface area contributed by atoms with Crippen molar-refractivity contribution in [1.29, 1.82) is 0 Å². The first kappa shape index (κ1) is 11.3. The monoisotopic (exact) mass is 199 g/mol. The lowest BCUT2D eigenvalue weighted by atomic mass is 10.0. The smallest absolute Gasteiger partial charge is 0.191 e. The van der Waals surface area contributed by atoms with Crippen LogP contribution in [0.4, 0.5) is 0 Å². The molecule has 1 saturated heterocycles. The molecule has 82 valence electrons. The van der Waals surface area contributed by atoms with Crippen LogP contribution in [0, 0.1) is 0 Å². The molecule has 0 atom stereocenters. The summed E-state index contributed by atoms with van der Waals surface area (Å²) in [4.78, 5) is 6.46. The summed E-state index contributed by atoms with van der Waals surface area (Å²) < 4.78 is 5.42. The molecule has 0 saturated carbocycles. The van der Waals surface area contributed by atoms with Crippen molar-refractivity contribution in [3.05, 3.63) is 0 Å². The molecule has 0 aliphatic carbocycles. The summed E-state index contributed by atoms with van der Waals surface area (Å²) >= 11 is 0. The molecule has 4 heteroatoms. The van der Waals surface area contributed by atoms with Crippen molar-refractivity contribution < 1.29 is 4.74 Å². The standard InChI is InChI=1S/C10H21N3O/c1-4-5-12-9(11)13-6-7-14-8-10(13,2)3/h4-8H2,1-3H3,(H2,11,12). The average molecular weight is 199 g/mol. The molecule has 0 aromatic heterocycles. The number of aliphatic imine (C=N–C) groups is 1. The van der Waals surface area contributed by atoms with Crippen molar-refractivity contribution in [3.63, 3.8) is 0 Å². The van der Waals surface area contributed by atoms with Gasteiger partial charge in [0.15, 0.2) is 5.96 Å². The Kier molecular flexibility index (Phi) is 3.75. The van der Waals surface area contributed by atoms with Gasteiger partial charge in [-0.25, -0.2) is 0 Å². The van der Waals surface area contributed by atoms with Gasteiger partial charge in [0.1, 0.15) is 0 Å². The number of rotatable bonds is 2. The molecule has 0 bridgehead atoms. The number of hydrogen-bond donors (Lipinski definition) is 1. The number of ether oxygens (including phenoxy) is 1. The van der Waals surface area contributed by atoms with Crippen molar-refractivity contribution in [2.75, 3.05) is 26.3 Å². The minimum Gasteiger partial charge on any atom is -0.377 e. The zero-order valence-electron chi connectivity index (χ0n) is 9.42. The topological polar surface area (TPSA) is 50.8 Å². The highest BCUT2D eigenvalue weighted by Crippen LogP contribution is 2.18. The first-order chi connectivity index (χ1) is 6.58. The second-order valence-electron chi connectivity index (χ2n) is 4.26. The van der Waals surface area contributed by atoms with Crippen LogP contribution in [-0.2, 0) is 4.74 Å². The van der Waals surface area contributed by atoms with E-state index in [1.165, 1.54) is 0 Å². The Labute approximate surface area is 86.1 Å². The summed E-state index contributed by atoms with van der Waals surface area (Å²) in [5.74, 6) is 0.653. The molecule has 0 radical (unpaired) electrons. The molecule has 0 amide bonds. The summed E-state index contributed by atoms with van der Waals surface area (Å²) in [6, 6.07) is 0. The molecule has 1 aliphatic heterocycles. The van der Waals surface area contributed by atoms with Crippen molar-refractivity contribution in [2.24, 2.45) is 10.7 Å². The van der Waals surface area contributed by atoms with Gasteiger partial charge in [-0.2, -0.15) is 0 Å². The summed E-state index contributed by atoms with van der Waals surface area (Å²) in [5.41, 5.74) is 5.90. The average Bonchev–Trinajstić information content (AvgIpc) is 2.13. The van der Waals surface area contributed by atoms with E-state index in [0.717, 1.165) is 32.7 Å². The normalized spacial score (nSPS) is 22.5. The lowest BCUT2D eigenvalue weighted by Crippen LogP contribution is -2.57. The van der Waals surface area contributed by atoms with Crippen molar-refractivity contribution in [2.45, 2.75) is 32.7 Å². The highest BCUT2D eigenvalue weighted by atomic mass is 16.5. The van der Waals surface area contributed by atoms with Crippen LogP contribution in [0.5, 0.6) is 0 Å². The molecule has 0 spiro atoms. The second-order valence-corrected chi connectivity index (χ2v) is 4.26. The maximum Gasteiger partial charge on any atom is 0.191 e. The van der Waals surface area contributed by atoms with Gasteiger partial charge in [0.05, 0.1) is 18.8 Å². The number of nitrogens with two attached hydrogens (primary N) is 1. The molecule has 0 aromatic rings. The Morgan fingerprint density at radius 2 is 2.29 bits per heavy atom. The summed E-state index contributed by atoms with van der Waals surface area (Å²) in [6.07, 6.45) is 1.03. The molecular formula is C10H21N3O. The number of nitrogens with zero attached hydrogens (tertiary/aromatic N) is 2. The van der Waals surface area contributed by atoms with E-state index < -0.39 is 0 Å². The Morgan fingerprint density at radius 3 is 2.86 bits per heavy atom. The first-order valence-corrected chi connectivity index (χ1v) is 5.23. The van der Waals surface area contributed by atoms with Gasteiger partial charge >= 0.3 is 0 Å². The van der Waals surface area contributed by atoms with E-state index in [4.69, 9.17) is 10.5 Å². The second kappa shape index (κ2) is 4.64. The summed E-state index contributed by atoms with van der Waals surface area (Å²) in [6.45, 7) is 9.45. The summed E-state index contributed by atoms with van der Waals surface area (Å²) in [5, 5.41) is 0. The van der Waals surface area contributed by atoms with E-state index in [9.17, 15) is 0 Å². The van der Waals surface area contributed by atoms with Crippen molar-refractivity contribution in [3.8, 4) is 0 Å². The molecule has 1 fully saturated rings. The quantitative estimate of drug-likeness (QED) is 0.529. The van der Waals surface area contributed by atoms with Gasteiger partial charge in [0, 0.05) is 13.1 Å². The molecule has 1 aliphatic rings. The highest BCUT2D eigenvalue weighted by Gasteiger charge is 2.31. The maximum absolute atomic E-state index is 5.93. The van der Waals surface area contributed by atoms with Gasteiger partial charge in [-0.1, -0.05) is 6.92 Å². The lowest BCUT2D eigenvalue weighted by molar-refractivity contribution is -0.0156. The Morgan fingerprint density at radius 1 is 1.57 bits per heavy atom. The number of guanidine groups is 1. The van der Waals surface area contributed by atoms with E-state index in [1.807, 2.05) is 0 Å². The van der Waals surface area contributed by atoms with E-state index in [2.05, 4.69) is 30.7 Å². The minimum atomic E-state index is -0.0282. The molecule has 4 nitrogen and oxygen atoms in total. The van der Waals surface area contributed by atoms with Crippen LogP contribution in [0.15, 0.2) is 4.99 Å². The molecular weight excluding hydrogens is 178 g/mol. The van der Waals surface area contributed by atoms with Crippen LogP contribution in [0.3, 0.4) is 0 Å². The third-order valence-electron chi connectivity index (χ3n) is 2.42. The predicted molar refractivity (Wildman–Crippen MR) is 58.4 cm³/mol. The fourth-order valence-corrected chi connectivity index (χ4v) is 1.59. The van der Waals surface area contributed by atoms with Crippen LogP contribution in [-0.4, -0.2) is 42.7 Å². The Balaban J connectivity index is 2.64. The molecule has 0 unspecified atom stereocenters. The Bertz CT molecular complexity index is 213. The molecule has 2 N–H and O–H groups in total.